The molecule has 0 fully saturated rings. The number of amides is 1. The molecule has 5 rings (SSSR count). The topological polar surface area (TPSA) is 82.4 Å². The molecule has 0 N–H and O–H groups in total. The monoisotopic (exact) mass is 649 g/mol. The second kappa shape index (κ2) is 12.1. The number of nitrogens with zero attached hydrogens (tertiary/aromatic N) is 3. The van der Waals surface area contributed by atoms with Crippen LogP contribution in [-0.4, -0.2) is 49.8 Å². The van der Waals surface area contributed by atoms with Gasteiger partial charge in [-0.05, 0) is 65.7 Å². The summed E-state index contributed by atoms with van der Waals surface area (Å²) in [5.41, 5.74) is 2.22. The zero-order chi connectivity index (χ0) is 30.1. The predicted molar refractivity (Wildman–Crippen MR) is 169 cm³/mol. The van der Waals surface area contributed by atoms with Gasteiger partial charge in [0.25, 0.3) is 11.5 Å². The van der Waals surface area contributed by atoms with Crippen LogP contribution in [0.5, 0.6) is 17.2 Å². The highest BCUT2D eigenvalue weighted by Crippen LogP contribution is 2.40. The first kappa shape index (κ1) is 29.6. The molecule has 1 aromatic heterocycles. The summed E-state index contributed by atoms with van der Waals surface area (Å²) in [5.74, 6) is 1.61. The van der Waals surface area contributed by atoms with Gasteiger partial charge in [0, 0.05) is 30.3 Å². The van der Waals surface area contributed by atoms with Crippen molar-refractivity contribution in [1.82, 2.24) is 9.47 Å². The van der Waals surface area contributed by atoms with Gasteiger partial charge in [-0.25, -0.2) is 4.99 Å². The maximum atomic E-state index is 14.3. The van der Waals surface area contributed by atoms with Crippen LogP contribution < -0.4 is 29.1 Å². The van der Waals surface area contributed by atoms with E-state index in [0.29, 0.717) is 56.5 Å². The summed E-state index contributed by atoms with van der Waals surface area (Å²) in [7, 11) is 4.76. The lowest BCUT2D eigenvalue weighted by molar-refractivity contribution is -0.127. The minimum Gasteiger partial charge on any atom is -0.496 e. The van der Waals surface area contributed by atoms with Crippen molar-refractivity contribution < 1.29 is 19.0 Å². The van der Waals surface area contributed by atoms with Gasteiger partial charge in [-0.3, -0.25) is 14.2 Å². The Hall–Kier alpha value is -3.89. The van der Waals surface area contributed by atoms with E-state index in [2.05, 4.69) is 15.9 Å². The first-order valence-electron chi connectivity index (χ1n) is 13.6. The van der Waals surface area contributed by atoms with E-state index in [0.717, 1.165) is 20.8 Å². The number of carbonyl (C=O) groups excluding carboxylic acids is 1. The van der Waals surface area contributed by atoms with Gasteiger partial charge >= 0.3 is 0 Å². The Kier molecular flexibility index (Phi) is 8.56. The fourth-order valence-corrected chi connectivity index (χ4v) is 6.98. The summed E-state index contributed by atoms with van der Waals surface area (Å²) in [6, 6.07) is 14.7. The predicted octanol–water partition coefficient (Wildman–Crippen LogP) is 5.05. The van der Waals surface area contributed by atoms with Gasteiger partial charge in [-0.2, -0.15) is 0 Å². The van der Waals surface area contributed by atoms with Crippen LogP contribution in [0.25, 0.3) is 16.8 Å². The molecule has 1 amide bonds. The highest BCUT2D eigenvalue weighted by molar-refractivity contribution is 9.10. The van der Waals surface area contributed by atoms with E-state index in [-0.39, 0.29) is 11.5 Å². The molecule has 2 heterocycles. The number of hydrogen-bond donors (Lipinski definition) is 0. The number of carbonyl (C=O) groups is 1. The average Bonchev–Trinajstić information content (AvgIpc) is 3.30. The molecule has 0 spiro atoms. The molecule has 0 bridgehead atoms. The summed E-state index contributed by atoms with van der Waals surface area (Å²) >= 11 is 4.81. The molecule has 1 aliphatic heterocycles. The number of likely N-dealkylation sites (N-methyl/N-ethyl adjacent to an activating group) is 1. The van der Waals surface area contributed by atoms with Crippen LogP contribution in [0.1, 0.15) is 37.9 Å². The third-order valence-electron chi connectivity index (χ3n) is 7.52. The van der Waals surface area contributed by atoms with Crippen molar-refractivity contribution in [3.8, 4) is 17.2 Å². The third kappa shape index (κ3) is 5.03. The van der Waals surface area contributed by atoms with Crippen molar-refractivity contribution in [2.24, 2.45) is 4.99 Å². The number of hydrogen-bond acceptors (Lipinski definition) is 7. The standard InChI is InChI=1S/C32H32BrN3O5S/c1-7-35(8-2)31(38)27-18(3)34-32-36(29(27)28-21-12-10-9-11-19(21)13-14-23(28)39-4)30(37)26(42-32)16-20-15-22(33)25(41-6)17-24(20)40-5/h9-17,29H,7-8H2,1-6H3/b26-16+/t29-/m1/s1. The van der Waals surface area contributed by atoms with E-state index in [9.17, 15) is 9.59 Å². The zero-order valence-corrected chi connectivity index (χ0v) is 26.8. The number of fused-ring (bicyclic) bond motifs is 2. The number of ether oxygens (including phenoxy) is 3. The second-order valence-electron chi connectivity index (χ2n) is 9.69. The van der Waals surface area contributed by atoms with Crippen molar-refractivity contribution in [3.05, 3.63) is 95.1 Å². The van der Waals surface area contributed by atoms with Gasteiger partial charge in [0.2, 0.25) is 0 Å². The number of rotatable bonds is 8. The Labute approximate surface area is 256 Å². The number of aromatic nitrogens is 1. The fraction of sp³-hybridized carbons (Fsp3) is 0.281. The van der Waals surface area contributed by atoms with E-state index in [1.54, 1.807) is 42.9 Å². The highest BCUT2D eigenvalue weighted by Gasteiger charge is 2.36. The molecule has 0 unspecified atom stereocenters. The Bertz CT molecular complexity index is 1910. The number of methoxy groups -OCH3 is 3. The molecule has 3 aromatic carbocycles. The van der Waals surface area contributed by atoms with E-state index in [4.69, 9.17) is 19.2 Å². The molecule has 0 saturated heterocycles. The van der Waals surface area contributed by atoms with E-state index in [1.165, 1.54) is 11.3 Å². The zero-order valence-electron chi connectivity index (χ0n) is 24.4. The second-order valence-corrected chi connectivity index (χ2v) is 11.6. The molecule has 10 heteroatoms. The lowest BCUT2D eigenvalue weighted by Crippen LogP contribution is -2.43. The molecule has 8 nitrogen and oxygen atoms in total. The SMILES string of the molecule is CCN(CC)C(=O)C1=C(C)N=c2s/c(=C/c3cc(Br)c(OC)cc3OC)c(=O)n2[C@H]1c1c(OC)ccc2ccccc12. The van der Waals surface area contributed by atoms with E-state index in [1.807, 2.05) is 63.2 Å². The smallest absolute Gasteiger partial charge is 0.271 e. The molecule has 0 aliphatic carbocycles. The lowest BCUT2D eigenvalue weighted by atomic mass is 9.90. The van der Waals surface area contributed by atoms with Gasteiger partial charge in [0.15, 0.2) is 4.80 Å². The highest BCUT2D eigenvalue weighted by atomic mass is 79.9. The molecule has 1 atom stereocenters. The molecular formula is C32H32BrN3O5S. The van der Waals surface area contributed by atoms with Gasteiger partial charge < -0.3 is 19.1 Å². The minimum absolute atomic E-state index is 0.156. The Morgan fingerprint density at radius 1 is 1.02 bits per heavy atom. The summed E-state index contributed by atoms with van der Waals surface area (Å²) in [4.78, 5) is 35.5. The average molecular weight is 651 g/mol. The molecule has 1 aliphatic rings. The first-order valence-corrected chi connectivity index (χ1v) is 15.2. The number of allylic oxidation sites excluding steroid dienone is 1. The number of thiazole rings is 1. The maximum Gasteiger partial charge on any atom is 0.271 e. The van der Waals surface area contributed by atoms with Crippen molar-refractivity contribution in [1.29, 1.82) is 0 Å². The largest absolute Gasteiger partial charge is 0.496 e. The lowest BCUT2D eigenvalue weighted by Gasteiger charge is -2.30. The van der Waals surface area contributed by atoms with Crippen LogP contribution >= 0.6 is 27.3 Å². The molecule has 0 radical (unpaired) electrons. The molecule has 218 valence electrons. The maximum absolute atomic E-state index is 14.3. The third-order valence-corrected chi connectivity index (χ3v) is 9.12. The van der Waals surface area contributed by atoms with Gasteiger partial charge in [0.1, 0.15) is 23.3 Å². The van der Waals surface area contributed by atoms with Gasteiger partial charge in [0.05, 0.1) is 41.6 Å². The van der Waals surface area contributed by atoms with Crippen LogP contribution in [0.15, 0.2) is 74.1 Å². The molecular weight excluding hydrogens is 618 g/mol. The van der Waals surface area contributed by atoms with Gasteiger partial charge in [-0.1, -0.05) is 41.7 Å². The van der Waals surface area contributed by atoms with Crippen LogP contribution in [0.2, 0.25) is 0 Å². The Morgan fingerprint density at radius 2 is 1.71 bits per heavy atom. The molecule has 4 aromatic rings. The molecule has 0 saturated carbocycles. The van der Waals surface area contributed by atoms with Crippen LogP contribution in [-0.2, 0) is 4.79 Å². The van der Waals surface area contributed by atoms with Gasteiger partial charge in [-0.15, -0.1) is 0 Å². The van der Waals surface area contributed by atoms with Crippen molar-refractivity contribution in [2.45, 2.75) is 26.8 Å². The summed E-state index contributed by atoms with van der Waals surface area (Å²) < 4.78 is 19.7. The normalized spacial score (nSPS) is 14.9. The van der Waals surface area contributed by atoms with E-state index >= 15 is 0 Å². The quantitative estimate of drug-likeness (QED) is 0.267. The van der Waals surface area contributed by atoms with Crippen LogP contribution in [0, 0.1) is 0 Å². The van der Waals surface area contributed by atoms with Crippen molar-refractivity contribution in [2.75, 3.05) is 34.4 Å². The summed E-state index contributed by atoms with van der Waals surface area (Å²) in [6.45, 7) is 6.78. The molecule has 42 heavy (non-hydrogen) atoms. The number of benzene rings is 3. The first-order chi connectivity index (χ1) is 20.3. The summed E-state index contributed by atoms with van der Waals surface area (Å²) in [5, 5.41) is 1.88. The van der Waals surface area contributed by atoms with Crippen molar-refractivity contribution >= 4 is 50.0 Å². The fourth-order valence-electron chi connectivity index (χ4n) is 5.42. The Morgan fingerprint density at radius 3 is 2.38 bits per heavy atom. The summed E-state index contributed by atoms with van der Waals surface area (Å²) in [6.07, 6.45) is 1.79. The minimum atomic E-state index is -0.748. The van der Waals surface area contributed by atoms with Crippen molar-refractivity contribution in [3.63, 3.8) is 0 Å². The van der Waals surface area contributed by atoms with Crippen LogP contribution in [0.3, 0.4) is 0 Å². The van der Waals surface area contributed by atoms with Crippen LogP contribution in [0.4, 0.5) is 0 Å². The number of halogens is 1. The Balaban J connectivity index is 1.85. The van der Waals surface area contributed by atoms with E-state index < -0.39 is 6.04 Å².